The van der Waals surface area contributed by atoms with E-state index in [0.717, 1.165) is 45.4 Å². The predicted octanol–water partition coefficient (Wildman–Crippen LogP) is 2.16. The normalized spacial score (nSPS) is 22.7. The number of nitrogens with zero attached hydrogens (tertiary/aromatic N) is 1. The molecule has 2 heterocycles. The molecule has 2 aliphatic heterocycles. The van der Waals surface area contributed by atoms with Crippen molar-refractivity contribution in [3.05, 3.63) is 30.3 Å². The van der Waals surface area contributed by atoms with Gasteiger partial charge in [-0.1, -0.05) is 18.2 Å². The molecule has 0 aliphatic carbocycles. The van der Waals surface area contributed by atoms with Gasteiger partial charge in [-0.15, -0.1) is 0 Å². The standard InChI is InChI=1S/C18H27N3O/c22-18(7-6-15-8-11-19-14-15)20-16-9-12-21(13-10-16)17-4-2-1-3-5-17/h1-5,15-16,19H,6-14H2,(H,20,22). The van der Waals surface area contributed by atoms with Crippen LogP contribution in [0.2, 0.25) is 0 Å². The fourth-order valence-corrected chi connectivity index (χ4v) is 3.52. The maximum absolute atomic E-state index is 12.1. The lowest BCUT2D eigenvalue weighted by Crippen LogP contribution is -2.44. The molecule has 4 nitrogen and oxygen atoms in total. The summed E-state index contributed by atoms with van der Waals surface area (Å²) in [4.78, 5) is 14.5. The van der Waals surface area contributed by atoms with Crippen LogP contribution in [-0.4, -0.2) is 38.1 Å². The largest absolute Gasteiger partial charge is 0.371 e. The van der Waals surface area contributed by atoms with Gasteiger partial charge in [-0.2, -0.15) is 0 Å². The highest BCUT2D eigenvalue weighted by molar-refractivity contribution is 5.76. The van der Waals surface area contributed by atoms with E-state index in [1.54, 1.807) is 0 Å². The Bertz CT molecular complexity index is 462. The molecule has 0 bridgehead atoms. The van der Waals surface area contributed by atoms with Gasteiger partial charge in [0.25, 0.3) is 0 Å². The molecule has 1 unspecified atom stereocenters. The summed E-state index contributed by atoms with van der Waals surface area (Å²) in [5.41, 5.74) is 1.29. The third-order valence-electron chi connectivity index (χ3n) is 4.92. The van der Waals surface area contributed by atoms with Crippen LogP contribution >= 0.6 is 0 Å². The average molecular weight is 301 g/mol. The number of piperidine rings is 1. The van der Waals surface area contributed by atoms with Crippen molar-refractivity contribution >= 4 is 11.6 Å². The van der Waals surface area contributed by atoms with Gasteiger partial charge in [0, 0.05) is 31.2 Å². The summed E-state index contributed by atoms with van der Waals surface area (Å²) >= 11 is 0. The molecule has 1 aromatic carbocycles. The summed E-state index contributed by atoms with van der Waals surface area (Å²) in [6.07, 6.45) is 5.03. The highest BCUT2D eigenvalue weighted by Gasteiger charge is 2.21. The second-order valence-electron chi connectivity index (χ2n) is 6.56. The monoisotopic (exact) mass is 301 g/mol. The topological polar surface area (TPSA) is 44.4 Å². The third-order valence-corrected chi connectivity index (χ3v) is 4.92. The molecular formula is C18H27N3O. The minimum Gasteiger partial charge on any atom is -0.371 e. The lowest BCUT2D eigenvalue weighted by molar-refractivity contribution is -0.122. The molecule has 120 valence electrons. The molecule has 3 rings (SSSR count). The van der Waals surface area contributed by atoms with Gasteiger partial charge in [-0.3, -0.25) is 4.79 Å². The van der Waals surface area contributed by atoms with Crippen molar-refractivity contribution in [3.8, 4) is 0 Å². The van der Waals surface area contributed by atoms with Crippen molar-refractivity contribution in [1.82, 2.24) is 10.6 Å². The molecule has 4 heteroatoms. The molecule has 0 saturated carbocycles. The molecule has 1 atom stereocenters. The van der Waals surface area contributed by atoms with Crippen LogP contribution < -0.4 is 15.5 Å². The van der Waals surface area contributed by atoms with E-state index in [1.807, 2.05) is 0 Å². The molecule has 2 fully saturated rings. The summed E-state index contributed by atoms with van der Waals surface area (Å²) in [5.74, 6) is 0.940. The smallest absolute Gasteiger partial charge is 0.220 e. The number of para-hydroxylation sites is 1. The highest BCUT2D eigenvalue weighted by atomic mass is 16.1. The van der Waals surface area contributed by atoms with Gasteiger partial charge < -0.3 is 15.5 Å². The van der Waals surface area contributed by atoms with Gasteiger partial charge in [-0.25, -0.2) is 0 Å². The lowest BCUT2D eigenvalue weighted by atomic mass is 10.0. The highest BCUT2D eigenvalue weighted by Crippen LogP contribution is 2.20. The van der Waals surface area contributed by atoms with Crippen molar-refractivity contribution in [2.45, 2.75) is 38.1 Å². The molecule has 2 aliphatic rings. The Morgan fingerprint density at radius 2 is 1.95 bits per heavy atom. The number of amides is 1. The molecule has 1 amide bonds. The second-order valence-corrected chi connectivity index (χ2v) is 6.56. The van der Waals surface area contributed by atoms with Crippen LogP contribution in [0.1, 0.15) is 32.1 Å². The van der Waals surface area contributed by atoms with Crippen LogP contribution in [0.25, 0.3) is 0 Å². The molecule has 0 aromatic heterocycles. The van der Waals surface area contributed by atoms with Gasteiger partial charge in [0.2, 0.25) is 5.91 Å². The van der Waals surface area contributed by atoms with Gasteiger partial charge in [0.15, 0.2) is 0 Å². The molecule has 1 aromatic rings. The van der Waals surface area contributed by atoms with Crippen molar-refractivity contribution in [3.63, 3.8) is 0 Å². The Balaban J connectivity index is 1.37. The van der Waals surface area contributed by atoms with Crippen molar-refractivity contribution in [2.24, 2.45) is 5.92 Å². The Hall–Kier alpha value is -1.55. The van der Waals surface area contributed by atoms with E-state index in [2.05, 4.69) is 45.9 Å². The van der Waals surface area contributed by atoms with Crippen LogP contribution in [0.4, 0.5) is 5.69 Å². The molecule has 2 N–H and O–H groups in total. The summed E-state index contributed by atoms with van der Waals surface area (Å²) in [6.45, 7) is 4.26. The quantitative estimate of drug-likeness (QED) is 0.876. The first-order chi connectivity index (χ1) is 10.8. The van der Waals surface area contributed by atoms with E-state index in [9.17, 15) is 4.79 Å². The van der Waals surface area contributed by atoms with Gasteiger partial charge in [-0.05, 0) is 56.8 Å². The molecular weight excluding hydrogens is 274 g/mol. The van der Waals surface area contributed by atoms with Crippen LogP contribution in [0.3, 0.4) is 0 Å². The Labute approximate surface area is 133 Å². The molecule has 2 saturated heterocycles. The maximum Gasteiger partial charge on any atom is 0.220 e. The predicted molar refractivity (Wildman–Crippen MR) is 90.0 cm³/mol. The van der Waals surface area contributed by atoms with Crippen LogP contribution in [-0.2, 0) is 4.79 Å². The third kappa shape index (κ3) is 4.23. The van der Waals surface area contributed by atoms with E-state index >= 15 is 0 Å². The summed E-state index contributed by atoms with van der Waals surface area (Å²) < 4.78 is 0. The van der Waals surface area contributed by atoms with E-state index in [-0.39, 0.29) is 5.91 Å². The van der Waals surface area contributed by atoms with E-state index < -0.39 is 0 Å². The van der Waals surface area contributed by atoms with Crippen LogP contribution in [0.5, 0.6) is 0 Å². The lowest BCUT2D eigenvalue weighted by Gasteiger charge is -2.34. The number of nitrogens with one attached hydrogen (secondary N) is 2. The number of hydrogen-bond donors (Lipinski definition) is 2. The first kappa shape index (κ1) is 15.3. The zero-order valence-corrected chi connectivity index (χ0v) is 13.3. The number of carbonyl (C=O) groups is 1. The van der Waals surface area contributed by atoms with E-state index in [4.69, 9.17) is 0 Å². The second kappa shape index (κ2) is 7.63. The van der Waals surface area contributed by atoms with Gasteiger partial charge in [0.1, 0.15) is 0 Å². The average Bonchev–Trinajstić information content (AvgIpc) is 3.08. The Kier molecular flexibility index (Phi) is 5.33. The molecule has 0 spiro atoms. The molecule has 0 radical (unpaired) electrons. The van der Waals surface area contributed by atoms with Gasteiger partial charge >= 0.3 is 0 Å². The summed E-state index contributed by atoms with van der Waals surface area (Å²) in [5, 5.41) is 6.59. The van der Waals surface area contributed by atoms with Crippen molar-refractivity contribution in [1.29, 1.82) is 0 Å². The maximum atomic E-state index is 12.1. The van der Waals surface area contributed by atoms with E-state index in [1.165, 1.54) is 12.1 Å². The number of rotatable bonds is 5. The van der Waals surface area contributed by atoms with Crippen molar-refractivity contribution in [2.75, 3.05) is 31.1 Å². The van der Waals surface area contributed by atoms with Crippen LogP contribution in [0.15, 0.2) is 30.3 Å². The Morgan fingerprint density at radius 1 is 1.18 bits per heavy atom. The van der Waals surface area contributed by atoms with E-state index in [0.29, 0.717) is 18.4 Å². The first-order valence-electron chi connectivity index (χ1n) is 8.61. The number of hydrogen-bond acceptors (Lipinski definition) is 3. The van der Waals surface area contributed by atoms with Crippen molar-refractivity contribution < 1.29 is 4.79 Å². The molecule has 22 heavy (non-hydrogen) atoms. The number of benzene rings is 1. The Morgan fingerprint density at radius 3 is 2.64 bits per heavy atom. The fraction of sp³-hybridized carbons (Fsp3) is 0.611. The SMILES string of the molecule is O=C(CCC1CCNC1)NC1CCN(c2ccccc2)CC1. The zero-order chi connectivity index (χ0) is 15.2. The van der Waals surface area contributed by atoms with Crippen LogP contribution in [0, 0.1) is 5.92 Å². The number of anilines is 1. The summed E-state index contributed by atoms with van der Waals surface area (Å²) in [6, 6.07) is 10.9. The summed E-state index contributed by atoms with van der Waals surface area (Å²) in [7, 11) is 0. The fourth-order valence-electron chi connectivity index (χ4n) is 3.52. The first-order valence-corrected chi connectivity index (χ1v) is 8.61. The minimum absolute atomic E-state index is 0.241. The minimum atomic E-state index is 0.241. The zero-order valence-electron chi connectivity index (χ0n) is 13.3. The number of carbonyl (C=O) groups excluding carboxylic acids is 1. The van der Waals surface area contributed by atoms with Gasteiger partial charge in [0.05, 0.1) is 0 Å².